The molecule has 0 N–H and O–H groups in total. The van der Waals surface area contributed by atoms with Gasteiger partial charge in [-0.05, 0) is 36.4 Å². The number of rotatable bonds is 1. The fourth-order valence-corrected chi connectivity index (χ4v) is 2.73. The summed E-state index contributed by atoms with van der Waals surface area (Å²) in [6, 6.07) is 12.0. The Labute approximate surface area is 123 Å². The number of hydrogen-bond donors (Lipinski definition) is 0. The normalized spacial score (nSPS) is 11.5. The van der Waals surface area contributed by atoms with Crippen molar-refractivity contribution < 1.29 is 4.52 Å². The molecule has 2 aromatic carbocycles. The van der Waals surface area contributed by atoms with E-state index in [0.29, 0.717) is 0 Å². The predicted molar refractivity (Wildman–Crippen MR) is 81.4 cm³/mol. The molecule has 0 aliphatic rings. The Morgan fingerprint density at radius 3 is 2.70 bits per heavy atom. The first kappa shape index (κ1) is 11.7. The van der Waals surface area contributed by atoms with Crippen LogP contribution in [0.2, 0.25) is 0 Å². The first-order valence-corrected chi connectivity index (χ1v) is 6.99. The van der Waals surface area contributed by atoms with Gasteiger partial charge in [-0.15, -0.1) is 0 Å². The predicted octanol–water partition coefficient (Wildman–Crippen LogP) is 4.14. The summed E-state index contributed by atoms with van der Waals surface area (Å²) in [6.07, 6.45) is 1.86. The van der Waals surface area contributed by atoms with Gasteiger partial charge in [0.2, 0.25) is 0 Å². The first-order valence-electron chi connectivity index (χ1n) is 6.20. The zero-order valence-electron chi connectivity index (χ0n) is 10.7. The minimum atomic E-state index is 0.783. The van der Waals surface area contributed by atoms with Crippen LogP contribution < -0.4 is 0 Å². The summed E-state index contributed by atoms with van der Waals surface area (Å²) in [6.45, 7) is 0. The Bertz CT molecular complexity index is 922. The molecule has 2 heterocycles. The molecule has 0 amide bonds. The summed E-state index contributed by atoms with van der Waals surface area (Å²) >= 11 is 3.44. The lowest BCUT2D eigenvalue weighted by atomic mass is 10.1. The number of benzene rings is 2. The minimum absolute atomic E-state index is 0.783. The molecule has 98 valence electrons. The van der Waals surface area contributed by atoms with E-state index in [9.17, 15) is 0 Å². The second-order valence-corrected chi connectivity index (χ2v) is 5.59. The summed E-state index contributed by atoms with van der Waals surface area (Å²) in [5, 5.41) is 10.5. The van der Waals surface area contributed by atoms with E-state index < -0.39 is 0 Å². The zero-order valence-corrected chi connectivity index (χ0v) is 12.3. The highest BCUT2D eigenvalue weighted by Crippen LogP contribution is 2.34. The third-order valence-corrected chi connectivity index (χ3v) is 4.01. The molecule has 0 fully saturated rings. The number of halogens is 1. The van der Waals surface area contributed by atoms with Crippen LogP contribution in [0.5, 0.6) is 0 Å². The smallest absolute Gasteiger partial charge is 0.175 e. The minimum Gasteiger partial charge on any atom is -0.355 e. The lowest BCUT2D eigenvalue weighted by Crippen LogP contribution is -1.87. The van der Waals surface area contributed by atoms with Crippen molar-refractivity contribution in [2.75, 3.05) is 0 Å². The standard InChI is InChI=1S/C15H10BrN3O/c1-19-13-7-6-12-14(11(13)8-17-19)15(20-18-12)9-2-4-10(16)5-3-9/h2-8H,1H3. The van der Waals surface area contributed by atoms with Gasteiger partial charge in [0.1, 0.15) is 5.52 Å². The molecule has 0 unspecified atom stereocenters. The highest BCUT2D eigenvalue weighted by molar-refractivity contribution is 9.10. The van der Waals surface area contributed by atoms with Crippen LogP contribution in [-0.4, -0.2) is 14.9 Å². The van der Waals surface area contributed by atoms with Crippen molar-refractivity contribution in [2.45, 2.75) is 0 Å². The van der Waals surface area contributed by atoms with Gasteiger partial charge in [-0.1, -0.05) is 21.1 Å². The average Bonchev–Trinajstić information content (AvgIpc) is 3.04. The van der Waals surface area contributed by atoms with Crippen molar-refractivity contribution in [1.29, 1.82) is 0 Å². The molecule has 20 heavy (non-hydrogen) atoms. The van der Waals surface area contributed by atoms with Crippen LogP contribution in [0.1, 0.15) is 0 Å². The van der Waals surface area contributed by atoms with Crippen molar-refractivity contribution in [2.24, 2.45) is 7.05 Å². The van der Waals surface area contributed by atoms with Crippen molar-refractivity contribution in [3.05, 3.63) is 47.1 Å². The van der Waals surface area contributed by atoms with Gasteiger partial charge < -0.3 is 4.52 Å². The molecule has 4 rings (SSSR count). The van der Waals surface area contributed by atoms with Crippen molar-refractivity contribution in [3.8, 4) is 11.3 Å². The average molecular weight is 328 g/mol. The lowest BCUT2D eigenvalue weighted by Gasteiger charge is -1.99. The summed E-state index contributed by atoms with van der Waals surface area (Å²) in [7, 11) is 1.93. The molecule has 4 nitrogen and oxygen atoms in total. The van der Waals surface area contributed by atoms with Crippen molar-refractivity contribution in [3.63, 3.8) is 0 Å². The maximum atomic E-state index is 5.56. The van der Waals surface area contributed by atoms with Gasteiger partial charge in [0.15, 0.2) is 5.76 Å². The van der Waals surface area contributed by atoms with Crippen LogP contribution in [0.15, 0.2) is 51.6 Å². The Morgan fingerprint density at radius 2 is 1.90 bits per heavy atom. The third-order valence-electron chi connectivity index (χ3n) is 3.48. The van der Waals surface area contributed by atoms with E-state index >= 15 is 0 Å². The van der Waals surface area contributed by atoms with E-state index in [1.54, 1.807) is 0 Å². The van der Waals surface area contributed by atoms with Crippen LogP contribution in [0.4, 0.5) is 0 Å². The summed E-state index contributed by atoms with van der Waals surface area (Å²) in [4.78, 5) is 0. The van der Waals surface area contributed by atoms with Crippen LogP contribution in [0.25, 0.3) is 33.1 Å². The fraction of sp³-hybridized carbons (Fsp3) is 0.0667. The molecule has 0 saturated heterocycles. The molecule has 0 aliphatic heterocycles. The van der Waals surface area contributed by atoms with Crippen LogP contribution in [0, 0.1) is 0 Å². The first-order chi connectivity index (χ1) is 9.74. The number of aryl methyl sites for hydroxylation is 1. The van der Waals surface area contributed by atoms with E-state index in [0.717, 1.165) is 37.6 Å². The second kappa shape index (κ2) is 4.18. The van der Waals surface area contributed by atoms with Gasteiger partial charge in [-0.2, -0.15) is 5.10 Å². The van der Waals surface area contributed by atoms with Gasteiger partial charge in [0.25, 0.3) is 0 Å². The van der Waals surface area contributed by atoms with E-state index in [1.807, 2.05) is 54.3 Å². The Morgan fingerprint density at radius 1 is 1.10 bits per heavy atom. The zero-order chi connectivity index (χ0) is 13.7. The molecule has 5 heteroatoms. The van der Waals surface area contributed by atoms with Gasteiger partial charge in [-0.3, -0.25) is 4.68 Å². The molecule has 0 aliphatic carbocycles. The van der Waals surface area contributed by atoms with Crippen LogP contribution in [-0.2, 0) is 7.05 Å². The quantitative estimate of drug-likeness (QED) is 0.527. The molecular weight excluding hydrogens is 318 g/mol. The SMILES string of the molecule is Cn1ncc2c3c(-c4ccc(Br)cc4)onc3ccc21. The largest absolute Gasteiger partial charge is 0.355 e. The Kier molecular flexibility index (Phi) is 2.44. The molecule has 2 aromatic heterocycles. The lowest BCUT2D eigenvalue weighted by molar-refractivity contribution is 0.441. The molecular formula is C15H10BrN3O. The van der Waals surface area contributed by atoms with Gasteiger partial charge >= 0.3 is 0 Å². The van der Waals surface area contributed by atoms with Crippen LogP contribution >= 0.6 is 15.9 Å². The summed E-state index contributed by atoms with van der Waals surface area (Å²) in [5.41, 5.74) is 2.93. The highest BCUT2D eigenvalue weighted by atomic mass is 79.9. The topological polar surface area (TPSA) is 43.9 Å². The number of hydrogen-bond acceptors (Lipinski definition) is 3. The maximum Gasteiger partial charge on any atom is 0.175 e. The molecule has 0 bridgehead atoms. The molecule has 0 atom stereocenters. The van der Waals surface area contributed by atoms with E-state index in [-0.39, 0.29) is 0 Å². The third kappa shape index (κ3) is 1.59. The van der Waals surface area contributed by atoms with Gasteiger partial charge in [-0.25, -0.2) is 0 Å². The number of aromatic nitrogens is 3. The van der Waals surface area contributed by atoms with Crippen molar-refractivity contribution >= 4 is 37.7 Å². The Hall–Kier alpha value is -2.14. The van der Waals surface area contributed by atoms with E-state index in [4.69, 9.17) is 4.52 Å². The second-order valence-electron chi connectivity index (χ2n) is 4.68. The monoisotopic (exact) mass is 327 g/mol. The number of fused-ring (bicyclic) bond motifs is 3. The van der Waals surface area contributed by atoms with Crippen LogP contribution in [0.3, 0.4) is 0 Å². The van der Waals surface area contributed by atoms with E-state index in [1.165, 1.54) is 0 Å². The van der Waals surface area contributed by atoms with Gasteiger partial charge in [0, 0.05) is 22.5 Å². The fourth-order valence-electron chi connectivity index (χ4n) is 2.47. The summed E-state index contributed by atoms with van der Waals surface area (Å²) in [5.74, 6) is 0.783. The molecule has 0 saturated carbocycles. The molecule has 0 radical (unpaired) electrons. The molecule has 0 spiro atoms. The number of nitrogens with zero attached hydrogens (tertiary/aromatic N) is 3. The van der Waals surface area contributed by atoms with Gasteiger partial charge in [0.05, 0.1) is 17.1 Å². The van der Waals surface area contributed by atoms with Crippen molar-refractivity contribution in [1.82, 2.24) is 14.9 Å². The summed E-state index contributed by atoms with van der Waals surface area (Å²) < 4.78 is 8.45. The molecule has 4 aromatic rings. The Balaban J connectivity index is 2.09. The highest BCUT2D eigenvalue weighted by Gasteiger charge is 2.15. The maximum absolute atomic E-state index is 5.56. The van der Waals surface area contributed by atoms with E-state index in [2.05, 4.69) is 26.2 Å².